The molecule has 0 amide bonds. The summed E-state index contributed by atoms with van der Waals surface area (Å²) in [5, 5.41) is 32.6. The van der Waals surface area contributed by atoms with Gasteiger partial charge in [0.1, 0.15) is 31.0 Å². The standard InChI is InChI=1S/C55H94O7/c1-8-10-11-12-13-14-15-16-17-18-19-20-21-22-23-24-25-26-49(56)60-38-48-50(57)51(58)52(59)53(62-48)61-43-33-35-54(6)42(37-43)29-30-44-46-32-31-45(55(46,7)36-34-47(44)54)40(5)27-28-41(9-2)39(3)4/h27-29,40-41,43-48,50-53,57-59H,3,8-26,30-38H2,1-2,4-7H3/b28-27+/t40-,41+,43+,44+,45-,46+,47+,48-,50-,51+,52-,53-,54+,55-/m1/s1. The van der Waals surface area contributed by atoms with Crippen LogP contribution in [-0.4, -0.2) is 64.7 Å². The molecule has 4 fully saturated rings. The van der Waals surface area contributed by atoms with Crippen molar-refractivity contribution in [2.45, 2.75) is 252 Å². The Hall–Kier alpha value is -1.51. The second-order valence-electron chi connectivity index (χ2n) is 21.7. The van der Waals surface area contributed by atoms with E-state index in [0.717, 1.165) is 69.1 Å². The van der Waals surface area contributed by atoms with E-state index in [1.54, 1.807) is 0 Å². The first-order valence-electron chi connectivity index (χ1n) is 26.4. The third-order valence-electron chi connectivity index (χ3n) is 17.4. The molecule has 1 saturated heterocycles. The van der Waals surface area contributed by atoms with Crippen molar-refractivity contribution in [3.05, 3.63) is 36.0 Å². The first-order valence-corrected chi connectivity index (χ1v) is 26.4. The van der Waals surface area contributed by atoms with Crippen molar-refractivity contribution in [3.63, 3.8) is 0 Å². The summed E-state index contributed by atoms with van der Waals surface area (Å²) in [6.07, 6.45) is 33.5. The Morgan fingerprint density at radius 3 is 2.02 bits per heavy atom. The van der Waals surface area contributed by atoms with Gasteiger partial charge < -0.3 is 29.5 Å². The lowest BCUT2D eigenvalue weighted by Crippen LogP contribution is -2.60. The van der Waals surface area contributed by atoms with Gasteiger partial charge in [-0.15, -0.1) is 0 Å². The summed E-state index contributed by atoms with van der Waals surface area (Å²) >= 11 is 0. The highest BCUT2D eigenvalue weighted by Crippen LogP contribution is 2.67. The molecular weight excluding hydrogens is 773 g/mol. The monoisotopic (exact) mass is 867 g/mol. The molecular formula is C55H94O7. The van der Waals surface area contributed by atoms with Crippen molar-refractivity contribution in [3.8, 4) is 0 Å². The molecule has 1 aliphatic heterocycles. The number of rotatable bonds is 27. The number of carbonyl (C=O) groups is 1. The quantitative estimate of drug-likeness (QED) is 0.0429. The van der Waals surface area contributed by atoms with E-state index in [9.17, 15) is 20.1 Å². The Labute approximate surface area is 379 Å². The summed E-state index contributed by atoms with van der Waals surface area (Å²) in [6.45, 7) is 18.3. The number of ether oxygens (including phenoxy) is 3. The number of hydrogen-bond donors (Lipinski definition) is 3. The van der Waals surface area contributed by atoms with E-state index in [1.807, 2.05) is 0 Å². The molecule has 0 bridgehead atoms. The van der Waals surface area contributed by atoms with Crippen molar-refractivity contribution in [2.75, 3.05) is 6.61 Å². The van der Waals surface area contributed by atoms with E-state index in [-0.39, 0.29) is 24.1 Å². The Balaban J connectivity index is 0.993. The van der Waals surface area contributed by atoms with Gasteiger partial charge in [-0.1, -0.05) is 173 Å². The smallest absolute Gasteiger partial charge is 0.305 e. The zero-order valence-corrected chi connectivity index (χ0v) is 40.6. The maximum absolute atomic E-state index is 12.7. The summed E-state index contributed by atoms with van der Waals surface area (Å²) in [5.74, 6) is 3.62. The van der Waals surface area contributed by atoms with Gasteiger partial charge in [0.25, 0.3) is 0 Å². The van der Waals surface area contributed by atoms with Crippen molar-refractivity contribution in [1.29, 1.82) is 0 Å². The molecule has 5 rings (SSSR count). The summed E-state index contributed by atoms with van der Waals surface area (Å²) in [5.41, 5.74) is 3.27. The normalized spacial score (nSPS) is 35.5. The van der Waals surface area contributed by atoms with Crippen LogP contribution in [0, 0.1) is 46.3 Å². The van der Waals surface area contributed by atoms with Gasteiger partial charge in [0, 0.05) is 6.42 Å². The largest absolute Gasteiger partial charge is 0.463 e. The molecule has 14 atom stereocenters. The lowest BCUT2D eigenvalue weighted by molar-refractivity contribution is -0.313. The van der Waals surface area contributed by atoms with Crippen LogP contribution < -0.4 is 0 Å². The molecule has 0 spiro atoms. The van der Waals surface area contributed by atoms with Gasteiger partial charge in [0.05, 0.1) is 6.10 Å². The summed E-state index contributed by atoms with van der Waals surface area (Å²) in [4.78, 5) is 12.7. The number of allylic oxidation sites excluding steroid dienone is 4. The maximum Gasteiger partial charge on any atom is 0.305 e. The maximum atomic E-state index is 12.7. The van der Waals surface area contributed by atoms with E-state index in [4.69, 9.17) is 14.2 Å². The fourth-order valence-electron chi connectivity index (χ4n) is 13.3. The van der Waals surface area contributed by atoms with Crippen LogP contribution in [0.1, 0.15) is 215 Å². The van der Waals surface area contributed by atoms with Crippen molar-refractivity contribution >= 4 is 5.97 Å². The van der Waals surface area contributed by atoms with Crippen molar-refractivity contribution in [2.24, 2.45) is 46.3 Å². The number of carbonyl (C=O) groups excluding carboxylic acids is 1. The Kier molecular flexibility index (Phi) is 21.1. The van der Waals surface area contributed by atoms with Gasteiger partial charge in [-0.25, -0.2) is 0 Å². The minimum absolute atomic E-state index is 0.147. The first-order chi connectivity index (χ1) is 29.8. The number of hydrogen-bond acceptors (Lipinski definition) is 7. The molecule has 356 valence electrons. The fourth-order valence-corrected chi connectivity index (χ4v) is 13.3. The molecule has 3 saturated carbocycles. The van der Waals surface area contributed by atoms with Crippen molar-refractivity contribution < 1.29 is 34.3 Å². The van der Waals surface area contributed by atoms with Crippen LogP contribution in [0.3, 0.4) is 0 Å². The highest BCUT2D eigenvalue weighted by molar-refractivity contribution is 5.69. The number of unbranched alkanes of at least 4 members (excludes halogenated alkanes) is 16. The molecule has 3 N–H and O–H groups in total. The highest BCUT2D eigenvalue weighted by Gasteiger charge is 2.59. The van der Waals surface area contributed by atoms with E-state index in [0.29, 0.717) is 29.6 Å². The van der Waals surface area contributed by atoms with Gasteiger partial charge in [-0.3, -0.25) is 4.79 Å². The Morgan fingerprint density at radius 1 is 0.806 bits per heavy atom. The molecule has 7 nitrogen and oxygen atoms in total. The van der Waals surface area contributed by atoms with Crippen LogP contribution >= 0.6 is 0 Å². The van der Waals surface area contributed by atoms with E-state index >= 15 is 0 Å². The molecule has 0 aromatic heterocycles. The topological polar surface area (TPSA) is 105 Å². The van der Waals surface area contributed by atoms with Crippen LogP contribution in [0.2, 0.25) is 0 Å². The van der Waals surface area contributed by atoms with Crippen LogP contribution in [0.15, 0.2) is 36.0 Å². The van der Waals surface area contributed by atoms with Gasteiger partial charge in [0.2, 0.25) is 0 Å². The summed E-state index contributed by atoms with van der Waals surface area (Å²) in [7, 11) is 0. The van der Waals surface area contributed by atoms with Crippen LogP contribution in [0.5, 0.6) is 0 Å². The molecule has 4 aliphatic carbocycles. The fraction of sp³-hybridized carbons (Fsp3) is 0.873. The van der Waals surface area contributed by atoms with Gasteiger partial charge in [0.15, 0.2) is 6.29 Å². The second kappa shape index (κ2) is 25.4. The Bertz CT molecular complexity index is 1410. The molecule has 0 unspecified atom stereocenters. The average Bonchev–Trinajstić information content (AvgIpc) is 3.62. The number of fused-ring (bicyclic) bond motifs is 5. The summed E-state index contributed by atoms with van der Waals surface area (Å²) < 4.78 is 18.1. The molecule has 0 aromatic rings. The second-order valence-corrected chi connectivity index (χ2v) is 21.7. The molecule has 0 aromatic carbocycles. The van der Waals surface area contributed by atoms with E-state index in [1.165, 1.54) is 127 Å². The zero-order chi connectivity index (χ0) is 44.7. The lowest BCUT2D eigenvalue weighted by atomic mass is 9.47. The van der Waals surface area contributed by atoms with Gasteiger partial charge >= 0.3 is 5.97 Å². The van der Waals surface area contributed by atoms with Crippen LogP contribution in [-0.2, 0) is 19.0 Å². The molecule has 1 heterocycles. The number of esters is 1. The molecule has 62 heavy (non-hydrogen) atoms. The minimum Gasteiger partial charge on any atom is -0.463 e. The van der Waals surface area contributed by atoms with E-state index < -0.39 is 30.7 Å². The molecule has 0 radical (unpaired) electrons. The zero-order valence-electron chi connectivity index (χ0n) is 40.6. The van der Waals surface area contributed by atoms with Gasteiger partial charge in [-0.2, -0.15) is 0 Å². The predicted molar refractivity (Wildman–Crippen MR) is 253 cm³/mol. The first kappa shape index (κ1) is 51.5. The lowest BCUT2D eigenvalue weighted by Gasteiger charge is -2.58. The SMILES string of the molecule is C=C(C)[C@H](/C=C/[C@@H](C)[C@H]1CC[C@H]2[C@@H]3CC=C4C[C@@H](O[C@@H]5O[C@H](COC(=O)CCCCCCCCCCCCCCCCCCC)[C@@H](O)[C@H](O)[C@H]5O)CC[C@]4(C)[C@H]3CC[C@]12C)CC. The third-order valence-corrected chi connectivity index (χ3v) is 17.4. The van der Waals surface area contributed by atoms with Crippen LogP contribution in [0.25, 0.3) is 0 Å². The molecule has 5 aliphatic rings. The highest BCUT2D eigenvalue weighted by atomic mass is 16.7. The average molecular weight is 867 g/mol. The Morgan fingerprint density at radius 2 is 1.42 bits per heavy atom. The van der Waals surface area contributed by atoms with E-state index in [2.05, 4.69) is 66.3 Å². The van der Waals surface area contributed by atoms with Crippen molar-refractivity contribution in [1.82, 2.24) is 0 Å². The minimum atomic E-state index is -1.45. The third kappa shape index (κ3) is 13.5. The van der Waals surface area contributed by atoms with Gasteiger partial charge in [-0.05, 0) is 117 Å². The number of aliphatic hydroxyl groups excluding tert-OH is 3. The predicted octanol–water partition coefficient (Wildman–Crippen LogP) is 13.1. The number of aliphatic hydroxyl groups is 3. The van der Waals surface area contributed by atoms with Crippen LogP contribution in [0.4, 0.5) is 0 Å². The molecule has 7 heteroatoms. The summed E-state index contributed by atoms with van der Waals surface area (Å²) in [6, 6.07) is 0.